The van der Waals surface area contributed by atoms with Crippen molar-refractivity contribution < 1.29 is 9.13 Å². The van der Waals surface area contributed by atoms with Gasteiger partial charge in [0.15, 0.2) is 5.82 Å². The minimum absolute atomic E-state index is 0.170. The van der Waals surface area contributed by atoms with Crippen molar-refractivity contribution in [2.45, 2.75) is 85.7 Å². The summed E-state index contributed by atoms with van der Waals surface area (Å²) >= 11 is 0. The van der Waals surface area contributed by atoms with Crippen molar-refractivity contribution >= 4 is 5.57 Å². The van der Waals surface area contributed by atoms with Crippen LogP contribution in [-0.4, -0.2) is 25.3 Å². The Kier molecular flexibility index (Phi) is 7.84. The molecule has 38 heavy (non-hydrogen) atoms. The summed E-state index contributed by atoms with van der Waals surface area (Å²) in [5, 5.41) is 4.53. The molecule has 202 valence electrons. The van der Waals surface area contributed by atoms with Gasteiger partial charge in [0.05, 0.1) is 6.61 Å². The second-order valence-corrected chi connectivity index (χ2v) is 11.0. The van der Waals surface area contributed by atoms with E-state index in [9.17, 15) is 4.79 Å². The van der Waals surface area contributed by atoms with Crippen LogP contribution in [0.15, 0.2) is 53.5 Å². The highest BCUT2D eigenvalue weighted by Crippen LogP contribution is 2.38. The van der Waals surface area contributed by atoms with Gasteiger partial charge in [-0.1, -0.05) is 63.9 Å². The van der Waals surface area contributed by atoms with Crippen molar-refractivity contribution in [2.24, 2.45) is 11.8 Å². The number of ether oxygens (including phenoxy) is 1. The number of hydrogen-bond acceptors (Lipinski definition) is 4. The zero-order chi connectivity index (χ0) is 26.8. The number of halogens is 1. The minimum atomic E-state index is -0.426. The number of fused-ring (bicyclic) bond motifs is 1. The molecule has 0 unspecified atom stereocenters. The summed E-state index contributed by atoms with van der Waals surface area (Å²) < 4.78 is 24.3. The summed E-state index contributed by atoms with van der Waals surface area (Å²) in [7, 11) is 0. The molecule has 0 amide bonds. The molecule has 1 fully saturated rings. The van der Waals surface area contributed by atoms with Gasteiger partial charge >= 0.3 is 5.69 Å². The van der Waals surface area contributed by atoms with Gasteiger partial charge in [0, 0.05) is 25.3 Å². The molecular formula is C31H39FN4O2. The van der Waals surface area contributed by atoms with Crippen LogP contribution in [-0.2, 0) is 31.0 Å². The molecule has 1 saturated carbocycles. The fourth-order valence-electron chi connectivity index (χ4n) is 5.97. The average Bonchev–Trinajstić information content (AvgIpc) is 3.23. The second-order valence-electron chi connectivity index (χ2n) is 11.0. The van der Waals surface area contributed by atoms with Crippen LogP contribution < -0.4 is 5.69 Å². The van der Waals surface area contributed by atoms with Crippen molar-refractivity contribution in [3.8, 4) is 5.69 Å². The van der Waals surface area contributed by atoms with E-state index < -0.39 is 5.82 Å². The van der Waals surface area contributed by atoms with Crippen LogP contribution in [0.3, 0.4) is 0 Å². The maximum atomic E-state index is 15.7. The zero-order valence-electron chi connectivity index (χ0n) is 23.0. The Morgan fingerprint density at radius 1 is 1.11 bits per heavy atom. The van der Waals surface area contributed by atoms with E-state index in [1.807, 2.05) is 43.3 Å². The number of allylic oxidation sites excluding steroid dienone is 1. The number of benzene rings is 2. The first-order valence-corrected chi connectivity index (χ1v) is 14.0. The molecule has 2 atom stereocenters. The molecule has 1 aliphatic heterocycles. The van der Waals surface area contributed by atoms with Gasteiger partial charge in [-0.2, -0.15) is 4.68 Å². The maximum Gasteiger partial charge on any atom is 0.350 e. The first-order valence-electron chi connectivity index (χ1n) is 14.0. The topological polar surface area (TPSA) is 52.3 Å². The second kappa shape index (κ2) is 11.3. The third-order valence-corrected chi connectivity index (χ3v) is 8.08. The molecule has 7 heteroatoms. The number of aromatic nitrogens is 3. The standard InChI is InChI=1S/C31H39FN4O2/c1-5-35-30(20-38-19-23-12-7-6-8-13-23)33-36(31(35)37)29-16-25-24(15-27(29)32)17-34(18-26(25)21(2)3)28-14-10-9-11-22(28)4/h6-8,12-13,15-16,18,21-22,28H,5,9-11,14,17,19-20H2,1-4H3/t22-,28-/m1/s1. The highest BCUT2D eigenvalue weighted by Gasteiger charge is 2.31. The molecule has 2 aromatic carbocycles. The van der Waals surface area contributed by atoms with Gasteiger partial charge in [-0.25, -0.2) is 9.18 Å². The Labute approximate surface area is 224 Å². The van der Waals surface area contributed by atoms with Crippen LogP contribution in [0.2, 0.25) is 0 Å². The van der Waals surface area contributed by atoms with E-state index in [0.29, 0.717) is 37.5 Å². The van der Waals surface area contributed by atoms with Crippen LogP contribution in [0.1, 0.15) is 75.9 Å². The Balaban J connectivity index is 1.46. The molecule has 1 aromatic heterocycles. The van der Waals surface area contributed by atoms with Crippen LogP contribution in [0, 0.1) is 17.7 Å². The van der Waals surface area contributed by atoms with Crippen LogP contribution in [0.4, 0.5) is 4.39 Å². The summed E-state index contributed by atoms with van der Waals surface area (Å²) in [4.78, 5) is 15.7. The van der Waals surface area contributed by atoms with Gasteiger partial charge in [-0.3, -0.25) is 4.57 Å². The fourth-order valence-corrected chi connectivity index (χ4v) is 5.97. The van der Waals surface area contributed by atoms with Crippen LogP contribution in [0.25, 0.3) is 11.3 Å². The highest BCUT2D eigenvalue weighted by atomic mass is 19.1. The van der Waals surface area contributed by atoms with E-state index in [1.54, 1.807) is 10.6 Å². The lowest BCUT2D eigenvalue weighted by atomic mass is 9.82. The molecule has 1 aliphatic carbocycles. The lowest BCUT2D eigenvalue weighted by Crippen LogP contribution is -2.39. The maximum absolute atomic E-state index is 15.7. The Morgan fingerprint density at radius 2 is 1.87 bits per heavy atom. The molecule has 0 N–H and O–H groups in total. The van der Waals surface area contributed by atoms with Gasteiger partial charge in [-0.15, -0.1) is 5.10 Å². The molecule has 0 saturated heterocycles. The van der Waals surface area contributed by atoms with E-state index in [2.05, 4.69) is 37.0 Å². The van der Waals surface area contributed by atoms with E-state index in [-0.39, 0.29) is 23.9 Å². The SMILES string of the molecule is CCn1c(COCc2ccccc2)nn(-c2cc3c(cc2F)CN([C@@H]2CCCC[C@H]2C)C=C3C(C)C)c1=O. The van der Waals surface area contributed by atoms with Crippen molar-refractivity contribution in [1.29, 1.82) is 0 Å². The van der Waals surface area contributed by atoms with Gasteiger partial charge in [0.25, 0.3) is 0 Å². The molecular weight excluding hydrogens is 479 g/mol. The van der Waals surface area contributed by atoms with Gasteiger partial charge < -0.3 is 9.64 Å². The summed E-state index contributed by atoms with van der Waals surface area (Å²) in [6.45, 7) is 10.3. The van der Waals surface area contributed by atoms with Crippen LogP contribution in [0.5, 0.6) is 0 Å². The first-order chi connectivity index (χ1) is 18.4. The van der Waals surface area contributed by atoms with Crippen molar-refractivity contribution in [1.82, 2.24) is 19.2 Å². The molecule has 2 aliphatic rings. The predicted octanol–water partition coefficient (Wildman–Crippen LogP) is 6.30. The zero-order valence-corrected chi connectivity index (χ0v) is 23.0. The monoisotopic (exact) mass is 518 g/mol. The molecule has 6 nitrogen and oxygen atoms in total. The normalized spacial score (nSPS) is 19.5. The largest absolute Gasteiger partial charge is 0.370 e. The van der Waals surface area contributed by atoms with Gasteiger partial charge in [0.2, 0.25) is 0 Å². The third kappa shape index (κ3) is 5.21. The number of rotatable bonds is 8. The van der Waals surface area contributed by atoms with E-state index >= 15 is 4.39 Å². The molecule has 3 aromatic rings. The minimum Gasteiger partial charge on any atom is -0.370 e. The van der Waals surface area contributed by atoms with Crippen molar-refractivity contribution in [3.05, 3.63) is 87.5 Å². The van der Waals surface area contributed by atoms with Gasteiger partial charge in [0.1, 0.15) is 18.1 Å². The molecule has 5 rings (SSSR count). The lowest BCUT2D eigenvalue weighted by Gasteiger charge is -2.41. The van der Waals surface area contributed by atoms with E-state index in [1.165, 1.54) is 35.9 Å². The quantitative estimate of drug-likeness (QED) is 0.351. The lowest BCUT2D eigenvalue weighted by molar-refractivity contribution is 0.0989. The predicted molar refractivity (Wildman–Crippen MR) is 148 cm³/mol. The average molecular weight is 519 g/mol. The Bertz CT molecular complexity index is 1360. The Morgan fingerprint density at radius 3 is 2.58 bits per heavy atom. The third-order valence-electron chi connectivity index (χ3n) is 8.08. The highest BCUT2D eigenvalue weighted by molar-refractivity contribution is 5.72. The van der Waals surface area contributed by atoms with E-state index in [4.69, 9.17) is 4.74 Å². The Hall–Kier alpha value is -3.19. The number of hydrogen-bond donors (Lipinski definition) is 0. The van der Waals surface area contributed by atoms with Crippen molar-refractivity contribution in [3.63, 3.8) is 0 Å². The first kappa shape index (κ1) is 26.4. The van der Waals surface area contributed by atoms with Gasteiger partial charge in [-0.05, 0) is 66.0 Å². The summed E-state index contributed by atoms with van der Waals surface area (Å²) in [6.07, 6.45) is 7.25. The summed E-state index contributed by atoms with van der Waals surface area (Å²) in [6, 6.07) is 13.8. The van der Waals surface area contributed by atoms with Crippen LogP contribution >= 0.6 is 0 Å². The molecule has 0 radical (unpaired) electrons. The van der Waals surface area contributed by atoms with E-state index in [0.717, 1.165) is 16.7 Å². The summed E-state index contributed by atoms with van der Waals surface area (Å²) in [5.74, 6) is 0.950. The molecule has 0 spiro atoms. The fraction of sp³-hybridized carbons (Fsp3) is 0.484. The van der Waals surface area contributed by atoms with Crippen molar-refractivity contribution in [2.75, 3.05) is 0 Å². The smallest absolute Gasteiger partial charge is 0.350 e. The molecule has 2 heterocycles. The summed E-state index contributed by atoms with van der Waals surface area (Å²) in [5.41, 5.74) is 4.05. The number of nitrogens with zero attached hydrogens (tertiary/aromatic N) is 4. The molecule has 0 bridgehead atoms.